The summed E-state index contributed by atoms with van der Waals surface area (Å²) in [6.45, 7) is 7.25. The number of hydrogen-bond acceptors (Lipinski definition) is 4. The summed E-state index contributed by atoms with van der Waals surface area (Å²) in [7, 11) is -4.94. The van der Waals surface area contributed by atoms with Gasteiger partial charge >= 0.3 is 26.2 Å². The van der Waals surface area contributed by atoms with E-state index in [1.165, 1.54) is 77.0 Å². The molecule has 0 unspecified atom stereocenters. The summed E-state index contributed by atoms with van der Waals surface area (Å²) in [6, 6.07) is 0. The zero-order valence-electron chi connectivity index (χ0n) is 13.9. The van der Waals surface area contributed by atoms with Gasteiger partial charge in [0.1, 0.15) is 0 Å². The van der Waals surface area contributed by atoms with E-state index in [-0.39, 0.29) is 26.2 Å². The first-order chi connectivity index (χ1) is 9.91. The van der Waals surface area contributed by atoms with E-state index in [0.717, 1.165) is 6.42 Å². The summed E-state index contributed by atoms with van der Waals surface area (Å²) in [5.41, 5.74) is 0. The van der Waals surface area contributed by atoms with Crippen molar-refractivity contribution in [1.29, 1.82) is 0 Å². The minimum Gasteiger partial charge on any atom is -0.518 e. The zero-order valence-corrected chi connectivity index (χ0v) is 17.1. The molecule has 0 N–H and O–H groups in total. The van der Waals surface area contributed by atoms with Gasteiger partial charge in [0.05, 0.1) is 0 Å². The summed E-state index contributed by atoms with van der Waals surface area (Å²) < 4.78 is 34.0. The number of allylic oxidation sites excluding steroid dienone is 1. The van der Waals surface area contributed by atoms with Gasteiger partial charge in [0.15, 0.2) is 0 Å². The topological polar surface area (TPSA) is 92.2 Å². The van der Waals surface area contributed by atoms with Gasteiger partial charge in [0.25, 0.3) is 0 Å². The van der Waals surface area contributed by atoms with Gasteiger partial charge in [-0.3, -0.25) is 6.08 Å². The molecule has 0 aromatic carbocycles. The average molecular weight is 414 g/mol. The first-order valence-corrected chi connectivity index (χ1v) is 9.30. The van der Waals surface area contributed by atoms with Crippen molar-refractivity contribution in [3.63, 3.8) is 0 Å². The van der Waals surface area contributed by atoms with E-state index in [2.05, 4.69) is 6.92 Å². The summed E-state index contributed by atoms with van der Waals surface area (Å²) in [4.78, 5) is 0. The smallest absolute Gasteiger partial charge is 0.518 e. The van der Waals surface area contributed by atoms with Gasteiger partial charge in [0, 0.05) is 0 Å². The van der Waals surface area contributed by atoms with Crippen molar-refractivity contribution < 1.29 is 55.1 Å². The van der Waals surface area contributed by atoms with Crippen LogP contribution in [0.4, 0.5) is 0 Å². The zero-order chi connectivity index (χ0) is 16.4. The van der Waals surface area contributed by atoms with Crippen LogP contribution in [-0.2, 0) is 26.2 Å². The number of rotatable bonds is 3. The van der Waals surface area contributed by atoms with Crippen LogP contribution >= 0.6 is 0 Å². The number of halogens is 1. The number of unbranched alkanes of at least 4 members (excludes halogenated alkanes) is 2. The largest absolute Gasteiger partial charge is 2.00 e. The quantitative estimate of drug-likeness (QED) is 0.515. The fraction of sp³-hybridized carbons (Fsp3) is 0.875. The molecule has 2 aliphatic rings. The third-order valence-electron chi connectivity index (χ3n) is 3.22. The van der Waals surface area contributed by atoms with E-state index >= 15 is 0 Å². The van der Waals surface area contributed by atoms with Crippen molar-refractivity contribution in [2.75, 3.05) is 0 Å². The van der Waals surface area contributed by atoms with Gasteiger partial charge in [-0.2, -0.15) is 0 Å². The molecule has 0 saturated heterocycles. The maximum absolute atomic E-state index is 8.49. The molecule has 0 aromatic rings. The van der Waals surface area contributed by atoms with E-state index in [9.17, 15) is 0 Å². The first-order valence-electron chi connectivity index (χ1n) is 8.07. The van der Waals surface area contributed by atoms with Crippen molar-refractivity contribution in [3.05, 3.63) is 12.7 Å². The van der Waals surface area contributed by atoms with Crippen LogP contribution in [0.2, 0.25) is 0 Å². The molecular formula is C16H31ClO4Zr. The van der Waals surface area contributed by atoms with Gasteiger partial charge in [0.2, 0.25) is 0 Å². The molecule has 0 bridgehead atoms. The molecule has 0 aliphatic heterocycles. The van der Waals surface area contributed by atoms with Crippen molar-refractivity contribution in [2.45, 2.75) is 90.4 Å². The number of hydrogen-bond donors (Lipinski definition) is 0. The first kappa shape index (κ1) is 27.6. The van der Waals surface area contributed by atoms with Gasteiger partial charge in [-0.05, 0) is 0 Å². The fourth-order valence-electron chi connectivity index (χ4n) is 2.09. The SMILES string of the molecule is C1CCCC1.C1CCCC1.[CH-]=CCCCC.[O-][Cl+3]([O-])([O-])[O-].[Zr+2]. The predicted octanol–water partition coefficient (Wildman–Crippen LogP) is 1.31. The van der Waals surface area contributed by atoms with Crippen LogP contribution in [0.3, 0.4) is 0 Å². The Kier molecular flexibility index (Phi) is 27.3. The van der Waals surface area contributed by atoms with Crippen LogP contribution in [-0.4, -0.2) is 0 Å². The third-order valence-corrected chi connectivity index (χ3v) is 3.22. The summed E-state index contributed by atoms with van der Waals surface area (Å²) in [5, 5.41) is 0. The Morgan fingerprint density at radius 2 is 1.00 bits per heavy atom. The minimum atomic E-state index is -4.94. The maximum atomic E-state index is 8.49. The van der Waals surface area contributed by atoms with Crippen LogP contribution in [0.5, 0.6) is 0 Å². The molecule has 0 atom stereocenters. The van der Waals surface area contributed by atoms with Crippen molar-refractivity contribution in [1.82, 2.24) is 0 Å². The van der Waals surface area contributed by atoms with E-state index in [1.54, 1.807) is 6.08 Å². The Morgan fingerprint density at radius 1 is 0.773 bits per heavy atom. The Hall–Kier alpha value is 0.753. The molecule has 0 heterocycles. The van der Waals surface area contributed by atoms with Gasteiger partial charge in [-0.1, -0.05) is 90.4 Å². The van der Waals surface area contributed by atoms with Crippen molar-refractivity contribution in [2.24, 2.45) is 0 Å². The van der Waals surface area contributed by atoms with Crippen LogP contribution in [0.1, 0.15) is 90.4 Å². The summed E-state index contributed by atoms with van der Waals surface area (Å²) >= 11 is 0. The monoisotopic (exact) mass is 412 g/mol. The normalized spacial score (nSPS) is 15.9. The second-order valence-corrected chi connectivity index (χ2v) is 6.05. The van der Waals surface area contributed by atoms with E-state index < -0.39 is 10.2 Å². The Balaban J connectivity index is -0.000000216. The molecule has 0 spiro atoms. The third kappa shape index (κ3) is 42.8. The second kappa shape index (κ2) is 21.8. The van der Waals surface area contributed by atoms with E-state index in [1.807, 2.05) is 0 Å². The van der Waals surface area contributed by atoms with Gasteiger partial charge in [-0.15, -0.1) is 10.2 Å². The molecule has 0 aromatic heterocycles. The van der Waals surface area contributed by atoms with Crippen LogP contribution in [0.25, 0.3) is 0 Å². The van der Waals surface area contributed by atoms with Crippen LogP contribution in [0.15, 0.2) is 6.08 Å². The molecule has 0 radical (unpaired) electrons. The van der Waals surface area contributed by atoms with Crippen molar-refractivity contribution >= 4 is 0 Å². The Morgan fingerprint density at radius 3 is 1.09 bits per heavy atom. The average Bonchev–Trinajstić information content (AvgIpc) is 3.09. The van der Waals surface area contributed by atoms with E-state index in [4.69, 9.17) is 25.2 Å². The molecule has 6 heteroatoms. The van der Waals surface area contributed by atoms with E-state index in [0.29, 0.717) is 0 Å². The Labute approximate surface area is 157 Å². The molecule has 2 saturated carbocycles. The molecule has 4 nitrogen and oxygen atoms in total. The molecule has 0 amide bonds. The summed E-state index contributed by atoms with van der Waals surface area (Å²) in [6.07, 6.45) is 20.3. The molecular weight excluding hydrogens is 383 g/mol. The van der Waals surface area contributed by atoms with Crippen LogP contribution < -0.4 is 18.6 Å². The standard InChI is InChI=1S/C6H11.2C5H10.ClHO4.Zr/c1-3-5-6-4-2;2*1-2-4-5-3-1;2-1(3,4)5;/h1,3H,4-6H2,2H3;2*1-5H2;(H,2,3,4,5);/q-1;;;;+2/p-1. The fourth-order valence-corrected chi connectivity index (χ4v) is 2.09. The molecule has 2 aliphatic carbocycles. The minimum absolute atomic E-state index is 0. The second-order valence-electron chi connectivity index (χ2n) is 5.29. The maximum Gasteiger partial charge on any atom is 2.00 e. The molecule has 2 rings (SSSR count). The Bertz CT molecular complexity index is 172. The molecule has 130 valence electrons. The van der Waals surface area contributed by atoms with Gasteiger partial charge in [-0.25, -0.2) is 18.6 Å². The molecule has 22 heavy (non-hydrogen) atoms. The molecule has 2 fully saturated rings. The van der Waals surface area contributed by atoms with Gasteiger partial charge < -0.3 is 6.58 Å². The van der Waals surface area contributed by atoms with Crippen molar-refractivity contribution in [3.8, 4) is 0 Å². The predicted molar refractivity (Wildman–Crippen MR) is 74.6 cm³/mol. The van der Waals surface area contributed by atoms with Crippen LogP contribution in [0, 0.1) is 16.8 Å². The summed E-state index contributed by atoms with van der Waals surface area (Å²) in [5.74, 6) is 0.